The number of benzene rings is 4. The molecule has 0 aliphatic rings. The van der Waals surface area contributed by atoms with Crippen molar-refractivity contribution in [3.8, 4) is 11.5 Å². The molecule has 212 valence electrons. The minimum atomic E-state index is -4.33. The molecule has 0 aliphatic heterocycles. The molecule has 6 rings (SSSR count). The maximum atomic E-state index is 11.8. The fourth-order valence-corrected chi connectivity index (χ4v) is 3.44. The Morgan fingerprint density at radius 2 is 0.756 bits per heavy atom. The normalized spacial score (nSPS) is 10.7. The van der Waals surface area contributed by atoms with Crippen molar-refractivity contribution in [2.75, 3.05) is 0 Å². The molecule has 9 heteroatoms. The number of aromatic hydroxyl groups is 2. The zero-order valence-electron chi connectivity index (χ0n) is 21.3. The first-order valence-corrected chi connectivity index (χ1v) is 11.9. The van der Waals surface area contributed by atoms with Gasteiger partial charge in [-0.05, 0) is 48.5 Å². The number of rotatable bonds is 0. The topological polar surface area (TPSA) is 40.5 Å². The Hall–Kier alpha value is -4.19. The van der Waals surface area contributed by atoms with Crippen molar-refractivity contribution in [3.05, 3.63) is 145 Å². The molecule has 0 atom stereocenters. The van der Waals surface area contributed by atoms with Crippen LogP contribution in [0, 0.1) is 0 Å². The Kier molecular flexibility index (Phi) is 12.1. The molecule has 2 nitrogen and oxygen atoms in total. The molecule has 6 aromatic carbocycles. The third kappa shape index (κ3) is 10.7. The van der Waals surface area contributed by atoms with Crippen molar-refractivity contribution in [2.24, 2.45) is 0 Å². The molecule has 0 radical (unpaired) electrons. The average Bonchev–Trinajstić information content (AvgIpc) is 3.59. The van der Waals surface area contributed by atoms with E-state index in [0.717, 1.165) is 48.5 Å². The van der Waals surface area contributed by atoms with Gasteiger partial charge in [0, 0.05) is 0 Å². The third-order valence-electron chi connectivity index (χ3n) is 5.48. The number of alkyl halides is 6. The van der Waals surface area contributed by atoms with E-state index >= 15 is 0 Å². The minimum Gasteiger partial charge on any atom is -0.508 e. The van der Waals surface area contributed by atoms with E-state index in [2.05, 4.69) is 84.9 Å². The van der Waals surface area contributed by atoms with Crippen LogP contribution in [0.1, 0.15) is 11.1 Å². The zero-order valence-corrected chi connectivity index (χ0v) is 22.5. The number of hydrogen-bond acceptors (Lipinski definition) is 2. The molecule has 0 spiro atoms. The summed E-state index contributed by atoms with van der Waals surface area (Å²) >= 11 is 0. The van der Waals surface area contributed by atoms with Crippen molar-refractivity contribution in [1.82, 2.24) is 0 Å². The van der Waals surface area contributed by atoms with Gasteiger partial charge >= 0.3 is 29.7 Å². The van der Waals surface area contributed by atoms with Crippen LogP contribution in [0.5, 0.6) is 11.5 Å². The summed E-state index contributed by atoms with van der Waals surface area (Å²) in [5.41, 5.74) is -1.51. The van der Waals surface area contributed by atoms with Crippen LogP contribution in [0.2, 0.25) is 0 Å². The second kappa shape index (κ2) is 15.0. The minimum absolute atomic E-state index is 0. The van der Waals surface area contributed by atoms with Crippen molar-refractivity contribution >= 4 is 21.5 Å². The van der Waals surface area contributed by atoms with E-state index in [1.54, 1.807) is 0 Å². The molecule has 0 saturated heterocycles. The van der Waals surface area contributed by atoms with Crippen LogP contribution in [-0.2, 0) is 29.7 Å². The molecule has 2 N–H and O–H groups in total. The van der Waals surface area contributed by atoms with Crippen molar-refractivity contribution in [2.45, 2.75) is 12.4 Å². The quantitative estimate of drug-likeness (QED) is 0.134. The summed E-state index contributed by atoms with van der Waals surface area (Å²) in [5.74, 6) is -0.337. The van der Waals surface area contributed by atoms with Crippen molar-refractivity contribution in [1.29, 1.82) is 0 Å². The predicted octanol–water partition coefficient (Wildman–Crippen LogP) is 9.94. The molecule has 0 fully saturated rings. The molecule has 0 aromatic heterocycles. The van der Waals surface area contributed by atoms with E-state index in [4.69, 9.17) is 10.2 Å². The van der Waals surface area contributed by atoms with Crippen LogP contribution in [0.15, 0.2) is 133 Å². The van der Waals surface area contributed by atoms with Gasteiger partial charge in [0.25, 0.3) is 0 Å². The Labute approximate surface area is 243 Å². The van der Waals surface area contributed by atoms with Gasteiger partial charge in [0.15, 0.2) is 0 Å². The molecule has 0 heterocycles. The fraction of sp³-hybridized carbons (Fsp3) is 0.0625. The summed E-state index contributed by atoms with van der Waals surface area (Å²) in [6.07, 6.45) is -8.65. The Balaban J connectivity index is 0.000000190. The summed E-state index contributed by atoms with van der Waals surface area (Å²) in [6, 6.07) is 36.7. The third-order valence-corrected chi connectivity index (χ3v) is 5.48. The molecular formula is C32H24CrF6O2. The van der Waals surface area contributed by atoms with E-state index in [1.807, 2.05) is 0 Å². The smallest absolute Gasteiger partial charge is 0.508 e. The zero-order chi connectivity index (χ0) is 29.2. The number of fused-ring (bicyclic) bond motifs is 2. The number of halogens is 6. The van der Waals surface area contributed by atoms with Crippen LogP contribution in [-0.4, -0.2) is 10.2 Å². The van der Waals surface area contributed by atoms with E-state index in [9.17, 15) is 26.3 Å². The Morgan fingerprint density at radius 1 is 0.439 bits per heavy atom. The summed E-state index contributed by atoms with van der Waals surface area (Å²) in [4.78, 5) is 0. The Bertz CT molecular complexity index is 1400. The van der Waals surface area contributed by atoms with Gasteiger partial charge in [-0.15, -0.1) is 59.3 Å². The fourth-order valence-electron chi connectivity index (χ4n) is 3.44. The Morgan fingerprint density at radius 3 is 1.05 bits per heavy atom. The number of hydrogen-bond donors (Lipinski definition) is 2. The average molecular weight is 607 g/mol. The van der Waals surface area contributed by atoms with Gasteiger partial charge in [0.1, 0.15) is 11.5 Å². The molecule has 0 amide bonds. The second-order valence-electron chi connectivity index (χ2n) is 8.40. The van der Waals surface area contributed by atoms with Crippen molar-refractivity contribution in [3.63, 3.8) is 0 Å². The van der Waals surface area contributed by atoms with Crippen LogP contribution < -0.4 is 0 Å². The predicted molar refractivity (Wildman–Crippen MR) is 145 cm³/mol. The maximum absolute atomic E-state index is 11.8. The van der Waals surface area contributed by atoms with Gasteiger partial charge in [-0.1, -0.05) is 12.1 Å². The van der Waals surface area contributed by atoms with E-state index < -0.39 is 23.5 Å². The standard InChI is InChI=1S/2C9H7.2C7H5F3O.Cr/c2*1-2-5-9-7-3-6-8(9)4-1;2*8-7(9,10)5-1-3-6(11)4-2-5;/h2*1-7H;2*1-4,11H;/q2*-1;;;+2. The van der Waals surface area contributed by atoms with E-state index in [1.165, 1.54) is 21.5 Å². The largest absolute Gasteiger partial charge is 2.00 e. The first kappa shape index (κ1) is 33.0. The maximum Gasteiger partial charge on any atom is 2.00 e. The van der Waals surface area contributed by atoms with Gasteiger partial charge in [0.2, 0.25) is 0 Å². The summed E-state index contributed by atoms with van der Waals surface area (Å²) in [6.45, 7) is 0. The van der Waals surface area contributed by atoms with Crippen LogP contribution in [0.25, 0.3) is 21.5 Å². The first-order chi connectivity index (χ1) is 18.9. The molecule has 0 unspecified atom stereocenters. The summed E-state index contributed by atoms with van der Waals surface area (Å²) < 4.78 is 71.0. The van der Waals surface area contributed by atoms with Gasteiger partial charge in [0.05, 0.1) is 11.1 Å². The number of phenolic OH excluding ortho intramolecular Hbond substituents is 2. The first-order valence-electron chi connectivity index (χ1n) is 11.9. The van der Waals surface area contributed by atoms with Gasteiger partial charge in [-0.25, -0.2) is 0 Å². The van der Waals surface area contributed by atoms with Crippen LogP contribution in [0.4, 0.5) is 26.3 Å². The summed E-state index contributed by atoms with van der Waals surface area (Å²) in [7, 11) is 0. The van der Waals surface area contributed by atoms with E-state index in [-0.39, 0.29) is 28.9 Å². The molecule has 6 aromatic rings. The SMILES string of the molecule is Oc1ccc(C(F)(F)F)cc1.Oc1ccc(C(F)(F)F)cc1.[Cr+2].c1ccc2[cH-]ccc2c1.c1ccc2[cH-]ccc2c1. The molecule has 41 heavy (non-hydrogen) atoms. The molecule has 0 aliphatic carbocycles. The van der Waals surface area contributed by atoms with Crippen molar-refractivity contribution < 1.29 is 53.9 Å². The van der Waals surface area contributed by atoms with Crippen LogP contribution in [0.3, 0.4) is 0 Å². The molecular weight excluding hydrogens is 582 g/mol. The monoisotopic (exact) mass is 606 g/mol. The summed E-state index contributed by atoms with van der Waals surface area (Å²) in [5, 5.41) is 22.6. The van der Waals surface area contributed by atoms with E-state index in [0.29, 0.717) is 0 Å². The molecule has 0 bridgehead atoms. The molecule has 0 saturated carbocycles. The van der Waals surface area contributed by atoms with Gasteiger partial charge < -0.3 is 10.2 Å². The second-order valence-corrected chi connectivity index (χ2v) is 8.40. The van der Waals surface area contributed by atoms with Gasteiger partial charge in [-0.2, -0.15) is 61.4 Å². The van der Waals surface area contributed by atoms with Crippen LogP contribution >= 0.6 is 0 Å². The van der Waals surface area contributed by atoms with Gasteiger partial charge in [-0.3, -0.25) is 0 Å². The number of phenols is 2.